The molecule has 6 heterocycles. The lowest BCUT2D eigenvalue weighted by atomic mass is 10.0. The van der Waals surface area contributed by atoms with E-state index in [4.69, 9.17) is 0 Å². The van der Waals surface area contributed by atoms with Crippen molar-refractivity contribution in [1.82, 2.24) is 39.2 Å². The molecule has 0 atom stereocenters. The van der Waals surface area contributed by atoms with Crippen molar-refractivity contribution in [2.75, 3.05) is 119 Å². The summed E-state index contributed by atoms with van der Waals surface area (Å²) in [5.74, 6) is 0. The van der Waals surface area contributed by atoms with Crippen LogP contribution in [0.4, 0.5) is 0 Å². The molecule has 0 bridgehead atoms. The van der Waals surface area contributed by atoms with E-state index >= 15 is 0 Å². The maximum atomic E-state index is 2.61. The molecule has 0 aliphatic carbocycles. The van der Waals surface area contributed by atoms with E-state index in [0.717, 1.165) is 0 Å². The topological polar surface area (TPSA) is 25.9 Å². The van der Waals surface area contributed by atoms with Crippen molar-refractivity contribution in [3.8, 4) is 0 Å². The van der Waals surface area contributed by atoms with Crippen LogP contribution in [0.3, 0.4) is 0 Å². The minimum atomic E-state index is 0.352. The van der Waals surface area contributed by atoms with Crippen molar-refractivity contribution < 1.29 is 0 Å². The molecule has 0 unspecified atom stereocenters. The molecule has 0 aromatic carbocycles. The van der Waals surface area contributed by atoms with Gasteiger partial charge in [0.1, 0.15) is 0 Å². The van der Waals surface area contributed by atoms with Gasteiger partial charge in [-0.3, -0.25) is 29.4 Å². The van der Waals surface area contributed by atoms with Crippen LogP contribution in [0, 0.1) is 0 Å². The second-order valence-corrected chi connectivity index (χ2v) is 26.1. The molecule has 6 saturated heterocycles. The van der Waals surface area contributed by atoms with E-state index in [1.807, 2.05) is 0 Å². The first-order chi connectivity index (χ1) is 28.9. The van der Waals surface area contributed by atoms with Crippen LogP contribution in [0.2, 0.25) is 0 Å². The predicted molar refractivity (Wildman–Crippen MR) is 283 cm³/mol. The lowest BCUT2D eigenvalue weighted by molar-refractivity contribution is 0.0735. The van der Waals surface area contributed by atoms with E-state index < -0.39 is 0 Å². The van der Waals surface area contributed by atoms with Gasteiger partial charge in [-0.15, -0.1) is 0 Å². The van der Waals surface area contributed by atoms with Crippen molar-refractivity contribution in [3.63, 3.8) is 0 Å². The van der Waals surface area contributed by atoms with Gasteiger partial charge in [-0.1, -0.05) is 25.7 Å². The molecule has 0 saturated carbocycles. The van der Waals surface area contributed by atoms with E-state index in [-0.39, 0.29) is 0 Å². The standard InChI is InChI=1S/C10H22N2.C10H21N.C9H20N2.2C9H19N.C8H17N/c1-10(2,3)12-7-5-6-11(4)8-9-12;1-10(2,3)11-8-6-4-5-7-9-11;1-9(2,3)11-7-5-10(4)6-8-11;2*1-9(2,3)10-7-5-4-6-8-10;1-8(2,3)9-6-4-5-7-9/h5-9H2,1-4H3;4-9H2,1-3H3;5-8H2,1-4H3;2*4-8H2,1-3H3;4-7H2,1-3H3. The number of piperazine rings is 1. The van der Waals surface area contributed by atoms with Crippen molar-refractivity contribution in [1.29, 1.82) is 0 Å². The van der Waals surface area contributed by atoms with Crippen molar-refractivity contribution in [3.05, 3.63) is 0 Å². The number of likely N-dealkylation sites (tertiary alicyclic amines) is 4. The van der Waals surface area contributed by atoms with Gasteiger partial charge >= 0.3 is 0 Å². The first-order valence-corrected chi connectivity index (χ1v) is 26.8. The van der Waals surface area contributed by atoms with Gasteiger partial charge in [-0.25, -0.2) is 0 Å². The third kappa shape index (κ3) is 27.9. The molecule has 0 N–H and O–H groups in total. The van der Waals surface area contributed by atoms with Crippen LogP contribution in [0.15, 0.2) is 0 Å². The molecule has 0 aromatic heterocycles. The summed E-state index contributed by atoms with van der Waals surface area (Å²) in [7, 11) is 4.41. The van der Waals surface area contributed by atoms with Crippen LogP contribution >= 0.6 is 0 Å². The van der Waals surface area contributed by atoms with Crippen molar-refractivity contribution in [2.24, 2.45) is 0 Å². The molecule has 63 heavy (non-hydrogen) atoms. The third-order valence-corrected chi connectivity index (χ3v) is 14.3. The molecule has 0 aromatic rings. The van der Waals surface area contributed by atoms with Gasteiger partial charge in [0.25, 0.3) is 0 Å². The number of nitrogens with zero attached hydrogens (tertiary/aromatic N) is 8. The first kappa shape index (κ1) is 60.7. The van der Waals surface area contributed by atoms with Gasteiger partial charge in [-0.2, -0.15) is 0 Å². The number of hydrogen-bond donors (Lipinski definition) is 0. The van der Waals surface area contributed by atoms with Crippen LogP contribution in [-0.2, 0) is 0 Å². The Morgan fingerprint density at radius 1 is 0.175 bits per heavy atom. The maximum Gasteiger partial charge on any atom is 0.0126 e. The second kappa shape index (κ2) is 28.9. The summed E-state index contributed by atoms with van der Waals surface area (Å²) in [5.41, 5.74) is 2.33. The van der Waals surface area contributed by atoms with Crippen LogP contribution in [0.5, 0.6) is 0 Å². The smallest absolute Gasteiger partial charge is 0.0126 e. The van der Waals surface area contributed by atoms with Gasteiger partial charge < -0.3 is 9.80 Å². The van der Waals surface area contributed by atoms with Crippen molar-refractivity contribution in [2.45, 2.75) is 241 Å². The minimum absolute atomic E-state index is 0.352. The van der Waals surface area contributed by atoms with Crippen LogP contribution in [0.25, 0.3) is 0 Å². The van der Waals surface area contributed by atoms with Crippen LogP contribution < -0.4 is 0 Å². The maximum absolute atomic E-state index is 2.61. The predicted octanol–water partition coefficient (Wildman–Crippen LogP) is 11.5. The first-order valence-electron chi connectivity index (χ1n) is 26.8. The summed E-state index contributed by atoms with van der Waals surface area (Å²) in [4.78, 5) is 20.3. The molecule has 8 nitrogen and oxygen atoms in total. The van der Waals surface area contributed by atoms with Gasteiger partial charge in [0, 0.05) is 72.5 Å². The number of likely N-dealkylation sites (N-methyl/N-ethyl adjacent to an activating group) is 2. The van der Waals surface area contributed by atoms with Gasteiger partial charge in [-0.05, 0) is 262 Å². The zero-order valence-electron chi connectivity index (χ0n) is 47.1. The molecule has 0 radical (unpaired) electrons. The molecule has 6 aliphatic heterocycles. The van der Waals surface area contributed by atoms with Crippen LogP contribution in [0.1, 0.15) is 208 Å². The number of hydrogen-bond acceptors (Lipinski definition) is 8. The van der Waals surface area contributed by atoms with E-state index in [1.54, 1.807) is 0 Å². The zero-order valence-corrected chi connectivity index (χ0v) is 47.1. The SMILES string of the molecule is CC(C)(C)N1CCCC1.CC(C)(C)N1CCCCC1.CC(C)(C)N1CCCCC1.CC(C)(C)N1CCCCCC1.CN1CCCN(C(C)(C)C)CC1.CN1CCN(C(C)(C)C)CC1. The van der Waals surface area contributed by atoms with Gasteiger partial charge in [0.05, 0.1) is 0 Å². The monoisotopic (exact) mass is 891 g/mol. The Morgan fingerprint density at radius 2 is 0.333 bits per heavy atom. The molecule has 8 heteroatoms. The molecule has 6 rings (SSSR count). The Kier molecular flexibility index (Phi) is 27.8. The highest BCUT2D eigenvalue weighted by Gasteiger charge is 2.27. The molecular formula is C55H118N8. The van der Waals surface area contributed by atoms with Crippen LogP contribution in [-0.4, -0.2) is 191 Å². The molecule has 6 fully saturated rings. The number of piperidine rings is 2. The Hall–Kier alpha value is -0.320. The Labute approximate surface area is 398 Å². The highest BCUT2D eigenvalue weighted by atomic mass is 15.3. The molecule has 0 spiro atoms. The van der Waals surface area contributed by atoms with Gasteiger partial charge in [0.15, 0.2) is 0 Å². The molecule has 6 aliphatic rings. The van der Waals surface area contributed by atoms with E-state index in [1.165, 1.54) is 188 Å². The normalized spacial score (nSPS) is 23.4. The largest absolute Gasteiger partial charge is 0.305 e. The summed E-state index contributed by atoms with van der Waals surface area (Å²) in [6.45, 7) is 61.7. The van der Waals surface area contributed by atoms with Gasteiger partial charge in [0.2, 0.25) is 0 Å². The third-order valence-electron chi connectivity index (χ3n) is 14.3. The summed E-state index contributed by atoms with van der Waals surface area (Å²) >= 11 is 0. The summed E-state index contributed by atoms with van der Waals surface area (Å²) < 4.78 is 0. The Balaban J connectivity index is 0.000000379. The van der Waals surface area contributed by atoms with E-state index in [9.17, 15) is 0 Å². The highest BCUT2D eigenvalue weighted by Crippen LogP contribution is 2.22. The molecular weight excluding hydrogens is 773 g/mol. The van der Waals surface area contributed by atoms with E-state index in [0.29, 0.717) is 33.2 Å². The fourth-order valence-electron chi connectivity index (χ4n) is 9.45. The Bertz CT molecular complexity index is 1070. The fraction of sp³-hybridized carbons (Fsp3) is 1.00. The summed E-state index contributed by atoms with van der Waals surface area (Å²) in [6.07, 6.45) is 18.3. The lowest BCUT2D eigenvalue weighted by Crippen LogP contribution is -2.52. The highest BCUT2D eigenvalue weighted by molar-refractivity contribution is 4.83. The average Bonchev–Trinajstić information content (AvgIpc) is 3.46. The molecule has 378 valence electrons. The quantitative estimate of drug-likeness (QED) is 0.237. The van der Waals surface area contributed by atoms with Crippen molar-refractivity contribution >= 4 is 0 Å². The minimum Gasteiger partial charge on any atom is -0.305 e. The second-order valence-electron chi connectivity index (χ2n) is 26.1. The average molecular weight is 892 g/mol. The number of rotatable bonds is 0. The summed E-state index contributed by atoms with van der Waals surface area (Å²) in [6, 6.07) is 0. The Morgan fingerprint density at radius 3 is 0.571 bits per heavy atom. The van der Waals surface area contributed by atoms with E-state index in [2.05, 4.69) is 178 Å². The summed E-state index contributed by atoms with van der Waals surface area (Å²) in [5, 5.41) is 0. The fourth-order valence-corrected chi connectivity index (χ4v) is 9.45. The lowest BCUT2D eigenvalue weighted by Gasteiger charge is -2.41. The zero-order chi connectivity index (χ0) is 48.1. The molecule has 0 amide bonds.